The summed E-state index contributed by atoms with van der Waals surface area (Å²) in [5, 5.41) is 10.3. The number of rotatable bonds is 2. The monoisotopic (exact) mass is 207 g/mol. The van der Waals surface area contributed by atoms with E-state index >= 15 is 0 Å². The third-order valence-electron chi connectivity index (χ3n) is 1.49. The quantitative estimate of drug-likeness (QED) is 0.423. The van der Waals surface area contributed by atoms with Crippen molar-refractivity contribution in [3.63, 3.8) is 0 Å². The molecule has 0 amide bonds. The van der Waals surface area contributed by atoms with Crippen LogP contribution in [0.2, 0.25) is 0 Å². The average Bonchev–Trinajstić information content (AvgIpc) is 2.09. The van der Waals surface area contributed by atoms with Crippen LogP contribution in [0.3, 0.4) is 0 Å². The molecule has 0 saturated heterocycles. The Morgan fingerprint density at radius 2 is 1.93 bits per heavy atom. The molecule has 0 saturated carbocycles. The van der Waals surface area contributed by atoms with E-state index in [1.165, 1.54) is 0 Å². The SMILES string of the molecule is COc1c(F)c(F)cc(F)c1[N+](=O)[O-]. The van der Waals surface area contributed by atoms with E-state index in [1.54, 1.807) is 0 Å². The number of hydrogen-bond donors (Lipinski definition) is 0. The first-order chi connectivity index (χ1) is 6.49. The molecule has 0 fully saturated rings. The van der Waals surface area contributed by atoms with Gasteiger partial charge in [-0.25, -0.2) is 4.39 Å². The van der Waals surface area contributed by atoms with E-state index in [0.29, 0.717) is 0 Å². The maximum Gasteiger partial charge on any atom is 0.349 e. The summed E-state index contributed by atoms with van der Waals surface area (Å²) in [5.41, 5.74) is -1.22. The molecule has 0 spiro atoms. The lowest BCUT2D eigenvalue weighted by Gasteiger charge is -2.03. The van der Waals surface area contributed by atoms with Gasteiger partial charge in [0.05, 0.1) is 12.0 Å². The van der Waals surface area contributed by atoms with E-state index in [2.05, 4.69) is 4.74 Å². The van der Waals surface area contributed by atoms with Gasteiger partial charge >= 0.3 is 5.69 Å². The Hall–Kier alpha value is -1.79. The summed E-state index contributed by atoms with van der Waals surface area (Å²) < 4.78 is 42.4. The molecule has 0 aliphatic carbocycles. The summed E-state index contributed by atoms with van der Waals surface area (Å²) in [6.07, 6.45) is 0. The van der Waals surface area contributed by atoms with Gasteiger partial charge in [0, 0.05) is 6.07 Å². The fourth-order valence-electron chi connectivity index (χ4n) is 0.920. The van der Waals surface area contributed by atoms with Crippen LogP contribution in [0.5, 0.6) is 5.75 Å². The highest BCUT2D eigenvalue weighted by Crippen LogP contribution is 2.33. The van der Waals surface area contributed by atoms with Gasteiger partial charge in [0.25, 0.3) is 0 Å². The predicted octanol–water partition coefficient (Wildman–Crippen LogP) is 2.02. The number of halogens is 3. The Bertz CT molecular complexity index is 394. The average molecular weight is 207 g/mol. The highest BCUT2D eigenvalue weighted by molar-refractivity contribution is 5.48. The largest absolute Gasteiger partial charge is 0.488 e. The summed E-state index contributed by atoms with van der Waals surface area (Å²) in [7, 11) is 0.879. The third kappa shape index (κ3) is 1.48. The highest BCUT2D eigenvalue weighted by atomic mass is 19.2. The van der Waals surface area contributed by atoms with Crippen molar-refractivity contribution >= 4 is 5.69 Å². The maximum absolute atomic E-state index is 12.8. The fraction of sp³-hybridized carbons (Fsp3) is 0.143. The Morgan fingerprint density at radius 3 is 2.36 bits per heavy atom. The van der Waals surface area contributed by atoms with Gasteiger partial charge in [-0.15, -0.1) is 0 Å². The second-order valence-corrected chi connectivity index (χ2v) is 2.29. The lowest BCUT2D eigenvalue weighted by atomic mass is 10.2. The van der Waals surface area contributed by atoms with Crippen molar-refractivity contribution in [2.75, 3.05) is 7.11 Å². The highest BCUT2D eigenvalue weighted by Gasteiger charge is 2.28. The Labute approximate surface area is 76.1 Å². The van der Waals surface area contributed by atoms with E-state index in [0.717, 1.165) is 7.11 Å². The van der Waals surface area contributed by atoms with Gasteiger partial charge < -0.3 is 4.74 Å². The van der Waals surface area contributed by atoms with Crippen LogP contribution in [0.15, 0.2) is 6.07 Å². The summed E-state index contributed by atoms with van der Waals surface area (Å²) in [6.45, 7) is 0. The molecule has 1 aromatic rings. The molecule has 1 rings (SSSR count). The predicted molar refractivity (Wildman–Crippen MR) is 39.5 cm³/mol. The van der Waals surface area contributed by atoms with Crippen LogP contribution in [0, 0.1) is 27.6 Å². The molecule has 0 radical (unpaired) electrons. The van der Waals surface area contributed by atoms with Gasteiger partial charge in [-0.05, 0) is 0 Å². The minimum Gasteiger partial charge on any atom is -0.488 e. The Kier molecular flexibility index (Phi) is 2.59. The third-order valence-corrected chi connectivity index (χ3v) is 1.49. The van der Waals surface area contributed by atoms with Crippen molar-refractivity contribution in [2.45, 2.75) is 0 Å². The molecule has 0 heterocycles. The topological polar surface area (TPSA) is 52.4 Å². The molecule has 0 bridgehead atoms. The molecule has 0 aliphatic heterocycles. The van der Waals surface area contributed by atoms with E-state index in [9.17, 15) is 23.3 Å². The van der Waals surface area contributed by atoms with Gasteiger partial charge in [-0.2, -0.15) is 8.78 Å². The number of hydrogen-bond acceptors (Lipinski definition) is 3. The molecule has 0 N–H and O–H groups in total. The molecular weight excluding hydrogens is 203 g/mol. The van der Waals surface area contributed by atoms with E-state index < -0.39 is 33.8 Å². The minimum absolute atomic E-state index is 0.0932. The summed E-state index contributed by atoms with van der Waals surface area (Å²) in [5.74, 6) is -5.65. The van der Waals surface area contributed by atoms with Crippen molar-refractivity contribution < 1.29 is 22.8 Å². The molecule has 14 heavy (non-hydrogen) atoms. The van der Waals surface area contributed by atoms with Crippen LogP contribution in [-0.2, 0) is 0 Å². The smallest absolute Gasteiger partial charge is 0.349 e. The fourth-order valence-corrected chi connectivity index (χ4v) is 0.920. The number of nitro groups is 1. The molecular formula is C7H4F3NO3. The number of ether oxygens (including phenoxy) is 1. The Balaban J connectivity index is 3.55. The molecule has 7 heteroatoms. The summed E-state index contributed by atoms with van der Waals surface area (Å²) >= 11 is 0. The first-order valence-electron chi connectivity index (χ1n) is 3.35. The second kappa shape index (κ2) is 3.52. The standard InChI is InChI=1S/C7H4F3NO3/c1-14-7-5(10)3(8)2-4(9)6(7)11(12)13/h2H,1H3. The van der Waals surface area contributed by atoms with Gasteiger partial charge in [-0.3, -0.25) is 10.1 Å². The van der Waals surface area contributed by atoms with Crippen molar-refractivity contribution in [3.8, 4) is 5.75 Å². The summed E-state index contributed by atoms with van der Waals surface area (Å²) in [4.78, 5) is 9.08. The maximum atomic E-state index is 12.8. The van der Waals surface area contributed by atoms with Gasteiger partial charge in [0.1, 0.15) is 0 Å². The molecule has 0 unspecified atom stereocenters. The van der Waals surface area contributed by atoms with Crippen LogP contribution < -0.4 is 4.74 Å². The van der Waals surface area contributed by atoms with Gasteiger partial charge in [0.2, 0.25) is 17.4 Å². The normalized spacial score (nSPS) is 10.0. The summed E-state index contributed by atoms with van der Waals surface area (Å²) in [6, 6.07) is 0.0932. The van der Waals surface area contributed by atoms with Crippen LogP contribution in [0.25, 0.3) is 0 Å². The number of nitrogens with zero attached hydrogens (tertiary/aromatic N) is 1. The van der Waals surface area contributed by atoms with Gasteiger partial charge in [-0.1, -0.05) is 0 Å². The molecule has 76 valence electrons. The zero-order chi connectivity index (χ0) is 10.9. The second-order valence-electron chi connectivity index (χ2n) is 2.29. The van der Waals surface area contributed by atoms with Crippen LogP contribution in [0.4, 0.5) is 18.9 Å². The lowest BCUT2D eigenvalue weighted by Crippen LogP contribution is -2.01. The molecule has 0 aromatic heterocycles. The van der Waals surface area contributed by atoms with Crippen molar-refractivity contribution in [3.05, 3.63) is 33.6 Å². The zero-order valence-electron chi connectivity index (χ0n) is 6.88. The molecule has 0 aliphatic rings. The molecule has 1 aromatic carbocycles. The van der Waals surface area contributed by atoms with Gasteiger partial charge in [0.15, 0.2) is 5.82 Å². The van der Waals surface area contributed by atoms with Crippen LogP contribution in [-0.4, -0.2) is 12.0 Å². The van der Waals surface area contributed by atoms with Crippen LogP contribution in [0.1, 0.15) is 0 Å². The first kappa shape index (κ1) is 10.3. The molecule has 0 atom stereocenters. The van der Waals surface area contributed by atoms with Crippen molar-refractivity contribution in [1.29, 1.82) is 0 Å². The molecule has 4 nitrogen and oxygen atoms in total. The van der Waals surface area contributed by atoms with Crippen molar-refractivity contribution in [2.24, 2.45) is 0 Å². The number of methoxy groups -OCH3 is 1. The minimum atomic E-state index is -1.58. The van der Waals surface area contributed by atoms with E-state index in [1.807, 2.05) is 0 Å². The first-order valence-corrected chi connectivity index (χ1v) is 3.35. The lowest BCUT2D eigenvalue weighted by molar-refractivity contribution is -0.388. The zero-order valence-corrected chi connectivity index (χ0v) is 6.88. The number of nitro benzene ring substituents is 1. The Morgan fingerprint density at radius 1 is 1.36 bits per heavy atom. The van der Waals surface area contributed by atoms with Crippen LogP contribution >= 0.6 is 0 Å². The van der Waals surface area contributed by atoms with E-state index in [-0.39, 0.29) is 6.07 Å². The van der Waals surface area contributed by atoms with Crippen molar-refractivity contribution in [1.82, 2.24) is 0 Å². The van der Waals surface area contributed by atoms with E-state index in [4.69, 9.17) is 0 Å². The number of benzene rings is 1.